The minimum Gasteiger partial charge on any atom is -0.480 e. The highest BCUT2D eigenvalue weighted by molar-refractivity contribution is 7.91. The number of carboxylic acids is 1. The maximum atomic E-state index is 12.5. The number of halogens is 1. The van der Waals surface area contributed by atoms with Crippen LogP contribution in [0.4, 0.5) is 0 Å². The molecule has 0 saturated carbocycles. The van der Waals surface area contributed by atoms with E-state index in [2.05, 4.69) is 15.2 Å². The first-order valence-corrected chi connectivity index (χ1v) is 9.59. The van der Waals surface area contributed by atoms with Gasteiger partial charge in [0.2, 0.25) is 10.0 Å². The van der Waals surface area contributed by atoms with Gasteiger partial charge in [0.25, 0.3) is 0 Å². The number of nitrogens with one attached hydrogen (secondary N) is 2. The van der Waals surface area contributed by atoms with E-state index >= 15 is 0 Å². The minimum absolute atomic E-state index is 0. The standard InChI is InChI=1S/C14H17N3O5S2.ClH/c1-7-13(8(2)22-16-7)11-3-4-12(23-11)24(20,21)17-9-5-10(14(18)19)15-6-9;/h3-4,9-10,15,17H,5-6H2,1-2H3,(H,18,19);1H/t9-,10-;/m0./s1. The quantitative estimate of drug-likeness (QED) is 0.687. The van der Waals surface area contributed by atoms with Crippen molar-refractivity contribution in [3.8, 4) is 10.4 Å². The van der Waals surface area contributed by atoms with Crippen LogP contribution in [0.5, 0.6) is 0 Å². The van der Waals surface area contributed by atoms with Crippen molar-refractivity contribution in [1.29, 1.82) is 0 Å². The van der Waals surface area contributed by atoms with Crippen LogP contribution in [0.1, 0.15) is 17.9 Å². The Morgan fingerprint density at radius 1 is 1.44 bits per heavy atom. The normalized spacial score (nSPS) is 20.4. The molecule has 2 aromatic rings. The van der Waals surface area contributed by atoms with Crippen LogP contribution < -0.4 is 10.0 Å². The number of thiophene rings is 1. The fourth-order valence-corrected chi connectivity index (χ4v) is 5.44. The largest absolute Gasteiger partial charge is 0.480 e. The zero-order valence-electron chi connectivity index (χ0n) is 13.5. The monoisotopic (exact) mass is 407 g/mol. The number of aryl methyl sites for hydroxylation is 2. The summed E-state index contributed by atoms with van der Waals surface area (Å²) in [7, 11) is -3.70. The van der Waals surface area contributed by atoms with Gasteiger partial charge in [0, 0.05) is 17.5 Å². The third-order valence-electron chi connectivity index (χ3n) is 3.88. The molecule has 0 spiro atoms. The van der Waals surface area contributed by atoms with E-state index in [1.54, 1.807) is 19.9 Å². The second kappa shape index (κ2) is 7.42. The lowest BCUT2D eigenvalue weighted by Gasteiger charge is -2.10. The molecule has 8 nitrogen and oxygen atoms in total. The lowest BCUT2D eigenvalue weighted by Crippen LogP contribution is -2.35. The van der Waals surface area contributed by atoms with Crippen LogP contribution in [-0.4, -0.2) is 43.3 Å². The Bertz CT molecular complexity index is 857. The van der Waals surface area contributed by atoms with Crippen molar-refractivity contribution in [3.63, 3.8) is 0 Å². The van der Waals surface area contributed by atoms with Crippen molar-refractivity contribution in [2.24, 2.45) is 0 Å². The number of carbonyl (C=O) groups is 1. The summed E-state index contributed by atoms with van der Waals surface area (Å²) in [6, 6.07) is 2.09. The molecule has 1 saturated heterocycles. The lowest BCUT2D eigenvalue weighted by molar-refractivity contribution is -0.139. The third-order valence-corrected chi connectivity index (χ3v) is 6.99. The molecule has 1 aliphatic heterocycles. The Hall–Kier alpha value is -1.46. The Morgan fingerprint density at radius 3 is 2.72 bits per heavy atom. The van der Waals surface area contributed by atoms with Gasteiger partial charge in [-0.2, -0.15) is 0 Å². The van der Waals surface area contributed by atoms with Gasteiger partial charge in [-0.05, 0) is 32.4 Å². The first kappa shape index (κ1) is 19.9. The van der Waals surface area contributed by atoms with Crippen LogP contribution in [0, 0.1) is 13.8 Å². The molecule has 25 heavy (non-hydrogen) atoms. The SMILES string of the molecule is Cc1noc(C)c1-c1ccc(S(=O)(=O)N[C@@H]2CN[C@H](C(=O)O)C2)s1.Cl. The van der Waals surface area contributed by atoms with E-state index in [-0.39, 0.29) is 29.6 Å². The fourth-order valence-electron chi connectivity index (χ4n) is 2.72. The van der Waals surface area contributed by atoms with Crippen molar-refractivity contribution in [2.75, 3.05) is 6.54 Å². The minimum atomic E-state index is -3.70. The molecular weight excluding hydrogens is 390 g/mol. The van der Waals surface area contributed by atoms with Gasteiger partial charge in [-0.25, -0.2) is 13.1 Å². The molecule has 3 heterocycles. The summed E-state index contributed by atoms with van der Waals surface area (Å²) in [6.07, 6.45) is 0.219. The smallest absolute Gasteiger partial charge is 0.320 e. The summed E-state index contributed by atoms with van der Waals surface area (Å²) in [6.45, 7) is 3.87. The zero-order valence-corrected chi connectivity index (χ0v) is 15.9. The van der Waals surface area contributed by atoms with Crippen molar-refractivity contribution < 1.29 is 22.8 Å². The number of rotatable bonds is 5. The molecule has 11 heteroatoms. The van der Waals surface area contributed by atoms with Gasteiger partial charge in [-0.1, -0.05) is 5.16 Å². The van der Waals surface area contributed by atoms with E-state index in [1.807, 2.05) is 0 Å². The molecule has 2 atom stereocenters. The number of carboxylic acid groups (broad SMARTS) is 1. The van der Waals surface area contributed by atoms with E-state index in [9.17, 15) is 13.2 Å². The van der Waals surface area contributed by atoms with Crippen molar-refractivity contribution >= 4 is 39.7 Å². The predicted molar refractivity (Wildman–Crippen MR) is 94.7 cm³/mol. The Morgan fingerprint density at radius 2 is 2.16 bits per heavy atom. The van der Waals surface area contributed by atoms with Crippen LogP contribution in [0.2, 0.25) is 0 Å². The topological polar surface area (TPSA) is 122 Å². The molecule has 0 radical (unpaired) electrons. The summed E-state index contributed by atoms with van der Waals surface area (Å²) >= 11 is 1.13. The molecule has 3 rings (SSSR count). The number of hydrogen-bond acceptors (Lipinski definition) is 7. The van der Waals surface area contributed by atoms with E-state index in [0.29, 0.717) is 11.5 Å². The summed E-state index contributed by atoms with van der Waals surface area (Å²) in [5, 5.41) is 15.6. The predicted octanol–water partition coefficient (Wildman–Crippen LogP) is 1.54. The second-order valence-electron chi connectivity index (χ2n) is 5.67. The van der Waals surface area contributed by atoms with Gasteiger partial charge in [0.1, 0.15) is 16.0 Å². The highest BCUT2D eigenvalue weighted by Gasteiger charge is 2.32. The molecule has 0 amide bonds. The zero-order chi connectivity index (χ0) is 17.5. The summed E-state index contributed by atoms with van der Waals surface area (Å²) < 4.78 is 32.9. The highest BCUT2D eigenvalue weighted by atomic mass is 35.5. The van der Waals surface area contributed by atoms with Crippen molar-refractivity contribution in [2.45, 2.75) is 36.6 Å². The van der Waals surface area contributed by atoms with Crippen LogP contribution in [-0.2, 0) is 14.8 Å². The molecule has 1 fully saturated rings. The number of aromatic nitrogens is 1. The molecule has 0 aliphatic carbocycles. The first-order chi connectivity index (χ1) is 11.3. The molecular formula is C14H18ClN3O5S2. The number of nitrogens with zero attached hydrogens (tertiary/aromatic N) is 1. The van der Waals surface area contributed by atoms with Crippen LogP contribution in [0.3, 0.4) is 0 Å². The Labute approximate surface area is 155 Å². The number of sulfonamides is 1. The maximum Gasteiger partial charge on any atom is 0.320 e. The van der Waals surface area contributed by atoms with Gasteiger partial charge < -0.3 is 14.9 Å². The summed E-state index contributed by atoms with van der Waals surface area (Å²) in [5.74, 6) is -0.343. The molecule has 1 aliphatic rings. The van der Waals surface area contributed by atoms with E-state index in [0.717, 1.165) is 21.8 Å². The number of aliphatic carboxylic acids is 1. The molecule has 138 valence electrons. The Kier molecular flexibility index (Phi) is 5.89. The lowest BCUT2D eigenvalue weighted by atomic mass is 10.2. The highest BCUT2D eigenvalue weighted by Crippen LogP contribution is 2.34. The summed E-state index contributed by atoms with van der Waals surface area (Å²) in [4.78, 5) is 11.7. The fraction of sp³-hybridized carbons (Fsp3) is 0.429. The molecule has 0 aromatic carbocycles. The first-order valence-electron chi connectivity index (χ1n) is 7.29. The van der Waals surface area contributed by atoms with Gasteiger partial charge in [0.15, 0.2) is 0 Å². The molecule has 2 aromatic heterocycles. The van der Waals surface area contributed by atoms with Gasteiger partial charge >= 0.3 is 5.97 Å². The number of hydrogen-bond donors (Lipinski definition) is 3. The molecule has 3 N–H and O–H groups in total. The van der Waals surface area contributed by atoms with Gasteiger partial charge in [-0.3, -0.25) is 4.79 Å². The van der Waals surface area contributed by atoms with E-state index < -0.39 is 28.1 Å². The van der Waals surface area contributed by atoms with Crippen LogP contribution in [0.25, 0.3) is 10.4 Å². The van der Waals surface area contributed by atoms with Crippen molar-refractivity contribution in [1.82, 2.24) is 15.2 Å². The average Bonchev–Trinajstić information content (AvgIpc) is 3.19. The second-order valence-corrected chi connectivity index (χ2v) is 8.70. The van der Waals surface area contributed by atoms with E-state index in [1.165, 1.54) is 6.07 Å². The van der Waals surface area contributed by atoms with Crippen molar-refractivity contribution in [3.05, 3.63) is 23.6 Å². The average molecular weight is 408 g/mol. The molecule has 0 bridgehead atoms. The van der Waals surface area contributed by atoms with Crippen LogP contribution in [0.15, 0.2) is 20.9 Å². The maximum absolute atomic E-state index is 12.5. The Balaban J connectivity index is 0.00000225. The van der Waals surface area contributed by atoms with Crippen LogP contribution >= 0.6 is 23.7 Å². The van der Waals surface area contributed by atoms with Gasteiger partial charge in [-0.15, -0.1) is 23.7 Å². The van der Waals surface area contributed by atoms with Gasteiger partial charge in [0.05, 0.1) is 11.3 Å². The summed E-state index contributed by atoms with van der Waals surface area (Å²) in [5.41, 5.74) is 1.51. The van der Waals surface area contributed by atoms with E-state index in [4.69, 9.17) is 9.63 Å². The third kappa shape index (κ3) is 4.04. The molecule has 0 unspecified atom stereocenters.